The van der Waals surface area contributed by atoms with Crippen molar-refractivity contribution in [3.63, 3.8) is 0 Å². The number of hydrogen-bond donors (Lipinski definition) is 2. The Labute approximate surface area is 193 Å². The van der Waals surface area contributed by atoms with E-state index in [0.717, 1.165) is 0 Å². The maximum atomic E-state index is 12.7. The summed E-state index contributed by atoms with van der Waals surface area (Å²) in [4.78, 5) is 12.2. The summed E-state index contributed by atoms with van der Waals surface area (Å²) in [6.07, 6.45) is 5.92. The standard InChI is InChI=1S/C22H22ClN3O3S2/c1-3-15-26(16-4-2)31(28,29)19-12-10-18(11-13-19)24-22(30)25-21(27)14-9-17-7-5-6-8-20(17)23/h3-14H,1-2,15-16H2,(H2,24,25,27,30)/b14-9-. The van der Waals surface area contributed by atoms with Crippen LogP contribution in [0.5, 0.6) is 0 Å². The molecule has 0 aliphatic heterocycles. The number of carbonyl (C=O) groups excluding carboxylic acids is 1. The van der Waals surface area contributed by atoms with E-state index in [1.54, 1.807) is 36.4 Å². The number of sulfonamides is 1. The lowest BCUT2D eigenvalue weighted by Gasteiger charge is -2.19. The molecule has 2 N–H and O–H groups in total. The zero-order valence-corrected chi connectivity index (χ0v) is 19.0. The number of halogens is 1. The molecule has 0 saturated carbocycles. The van der Waals surface area contributed by atoms with Crippen molar-refractivity contribution in [1.82, 2.24) is 9.62 Å². The Kier molecular flexibility index (Phi) is 9.14. The predicted octanol–water partition coefficient (Wildman–Crippen LogP) is 4.23. The number of nitrogens with one attached hydrogen (secondary N) is 2. The summed E-state index contributed by atoms with van der Waals surface area (Å²) in [5.41, 5.74) is 1.23. The Hall–Kier alpha value is -2.78. The van der Waals surface area contributed by atoms with Gasteiger partial charge in [-0.1, -0.05) is 42.0 Å². The van der Waals surface area contributed by atoms with Gasteiger partial charge in [0.15, 0.2) is 5.11 Å². The molecule has 6 nitrogen and oxygen atoms in total. The minimum Gasteiger partial charge on any atom is -0.332 e. The molecule has 0 fully saturated rings. The maximum absolute atomic E-state index is 12.7. The van der Waals surface area contributed by atoms with E-state index in [1.807, 2.05) is 6.07 Å². The highest BCUT2D eigenvalue weighted by atomic mass is 35.5. The van der Waals surface area contributed by atoms with Crippen LogP contribution in [0.4, 0.5) is 5.69 Å². The van der Waals surface area contributed by atoms with Gasteiger partial charge in [0.05, 0.1) is 4.90 Å². The van der Waals surface area contributed by atoms with Crippen LogP contribution in [-0.4, -0.2) is 36.8 Å². The Morgan fingerprint density at radius 1 is 1.06 bits per heavy atom. The second-order valence-electron chi connectivity index (χ2n) is 6.22. The third kappa shape index (κ3) is 7.15. The van der Waals surface area contributed by atoms with Gasteiger partial charge in [0.2, 0.25) is 15.9 Å². The van der Waals surface area contributed by atoms with E-state index >= 15 is 0 Å². The molecule has 2 aromatic carbocycles. The van der Waals surface area contributed by atoms with E-state index < -0.39 is 15.9 Å². The summed E-state index contributed by atoms with van der Waals surface area (Å²) >= 11 is 11.2. The molecule has 2 rings (SSSR count). The van der Waals surface area contributed by atoms with Gasteiger partial charge in [-0.2, -0.15) is 4.31 Å². The normalized spacial score (nSPS) is 11.3. The number of thiocarbonyl (C=S) groups is 1. The minimum atomic E-state index is -3.69. The molecule has 0 aliphatic rings. The Balaban J connectivity index is 2.00. The molecular formula is C22H22ClN3O3S2. The van der Waals surface area contributed by atoms with E-state index in [0.29, 0.717) is 16.3 Å². The molecule has 0 saturated heterocycles. The fourth-order valence-corrected chi connectivity index (χ4v) is 4.31. The average molecular weight is 476 g/mol. The highest BCUT2D eigenvalue weighted by molar-refractivity contribution is 7.89. The van der Waals surface area contributed by atoms with Crippen molar-refractivity contribution >= 4 is 56.6 Å². The molecule has 0 spiro atoms. The zero-order valence-electron chi connectivity index (χ0n) is 16.6. The molecule has 0 radical (unpaired) electrons. The quantitative estimate of drug-likeness (QED) is 0.322. The molecule has 0 aliphatic carbocycles. The van der Waals surface area contributed by atoms with E-state index in [9.17, 15) is 13.2 Å². The van der Waals surface area contributed by atoms with Crippen LogP contribution in [0.3, 0.4) is 0 Å². The van der Waals surface area contributed by atoms with Crippen LogP contribution in [0.25, 0.3) is 6.08 Å². The minimum absolute atomic E-state index is 0.0735. The monoisotopic (exact) mass is 475 g/mol. The molecule has 9 heteroatoms. The lowest BCUT2D eigenvalue weighted by Crippen LogP contribution is -2.33. The lowest BCUT2D eigenvalue weighted by molar-refractivity contribution is -0.115. The number of hydrogen-bond acceptors (Lipinski definition) is 4. The summed E-state index contributed by atoms with van der Waals surface area (Å²) < 4.78 is 26.7. The maximum Gasteiger partial charge on any atom is 0.250 e. The molecular weight excluding hydrogens is 454 g/mol. The smallest absolute Gasteiger partial charge is 0.250 e. The number of rotatable bonds is 9. The van der Waals surface area contributed by atoms with E-state index in [4.69, 9.17) is 23.8 Å². The molecule has 0 bridgehead atoms. The van der Waals surface area contributed by atoms with Crippen LogP contribution in [-0.2, 0) is 14.8 Å². The van der Waals surface area contributed by atoms with Crippen LogP contribution in [0, 0.1) is 0 Å². The van der Waals surface area contributed by atoms with Gasteiger partial charge in [-0.3, -0.25) is 10.1 Å². The molecule has 0 aromatic heterocycles. The Morgan fingerprint density at radius 3 is 2.26 bits per heavy atom. The topological polar surface area (TPSA) is 78.5 Å². The number of anilines is 1. The van der Waals surface area contributed by atoms with Crippen LogP contribution in [0.15, 0.2) is 84.8 Å². The molecule has 0 unspecified atom stereocenters. The fourth-order valence-electron chi connectivity index (χ4n) is 2.51. The van der Waals surface area contributed by atoms with Gasteiger partial charge in [-0.25, -0.2) is 8.42 Å². The molecule has 0 atom stereocenters. The van der Waals surface area contributed by atoms with Crippen molar-refractivity contribution in [2.75, 3.05) is 18.4 Å². The summed E-state index contributed by atoms with van der Waals surface area (Å²) in [5.74, 6) is -0.430. The lowest BCUT2D eigenvalue weighted by atomic mass is 10.2. The molecule has 31 heavy (non-hydrogen) atoms. The summed E-state index contributed by atoms with van der Waals surface area (Å²) in [7, 11) is -3.69. The van der Waals surface area contributed by atoms with Gasteiger partial charge in [-0.15, -0.1) is 13.2 Å². The number of carbonyl (C=O) groups is 1. The number of nitrogens with zero attached hydrogens (tertiary/aromatic N) is 1. The number of benzene rings is 2. The van der Waals surface area contributed by atoms with E-state index in [2.05, 4.69) is 23.8 Å². The number of amides is 1. The van der Waals surface area contributed by atoms with Crippen LogP contribution < -0.4 is 10.6 Å². The molecule has 0 heterocycles. The van der Waals surface area contributed by atoms with Crippen molar-refractivity contribution < 1.29 is 13.2 Å². The first-order valence-corrected chi connectivity index (χ1v) is 11.4. The van der Waals surface area contributed by atoms with Crippen molar-refractivity contribution in [2.24, 2.45) is 0 Å². The van der Waals surface area contributed by atoms with Crippen LogP contribution in [0.2, 0.25) is 5.02 Å². The highest BCUT2D eigenvalue weighted by Crippen LogP contribution is 2.19. The highest BCUT2D eigenvalue weighted by Gasteiger charge is 2.22. The Morgan fingerprint density at radius 2 is 1.68 bits per heavy atom. The summed E-state index contributed by atoms with van der Waals surface area (Å²) in [6.45, 7) is 7.51. The van der Waals surface area contributed by atoms with Crippen LogP contribution >= 0.6 is 23.8 Å². The molecule has 2 aromatic rings. The SMILES string of the molecule is C=CCN(CC=C)S(=O)(=O)c1ccc(NC(=S)NC(=O)/C=C\c2ccccc2Cl)cc1. The first kappa shape index (κ1) is 24.5. The van der Waals surface area contributed by atoms with Gasteiger partial charge in [0, 0.05) is 29.9 Å². The van der Waals surface area contributed by atoms with Crippen molar-refractivity contribution in [2.45, 2.75) is 4.90 Å². The molecule has 162 valence electrons. The fraction of sp³-hybridized carbons (Fsp3) is 0.0909. The first-order chi connectivity index (χ1) is 14.8. The van der Waals surface area contributed by atoms with Gasteiger partial charge < -0.3 is 5.32 Å². The average Bonchev–Trinajstić information content (AvgIpc) is 2.73. The van der Waals surface area contributed by atoms with Crippen molar-refractivity contribution in [1.29, 1.82) is 0 Å². The second kappa shape index (κ2) is 11.6. The Bertz CT molecular complexity index is 1090. The first-order valence-electron chi connectivity index (χ1n) is 9.14. The van der Waals surface area contributed by atoms with E-state index in [-0.39, 0.29) is 23.1 Å². The van der Waals surface area contributed by atoms with Crippen molar-refractivity contribution in [3.05, 3.63) is 90.5 Å². The van der Waals surface area contributed by atoms with Gasteiger partial charge in [0.1, 0.15) is 0 Å². The second-order valence-corrected chi connectivity index (χ2v) is 8.98. The largest absolute Gasteiger partial charge is 0.332 e. The molecule has 1 amide bonds. The van der Waals surface area contributed by atoms with Crippen molar-refractivity contribution in [3.8, 4) is 0 Å². The summed E-state index contributed by atoms with van der Waals surface area (Å²) in [6, 6.07) is 13.2. The van der Waals surface area contributed by atoms with Gasteiger partial charge >= 0.3 is 0 Å². The van der Waals surface area contributed by atoms with E-state index in [1.165, 1.54) is 34.7 Å². The summed E-state index contributed by atoms with van der Waals surface area (Å²) in [5, 5.41) is 5.96. The predicted molar refractivity (Wildman–Crippen MR) is 130 cm³/mol. The third-order valence-electron chi connectivity index (χ3n) is 3.97. The third-order valence-corrected chi connectivity index (χ3v) is 6.37. The zero-order chi connectivity index (χ0) is 22.9. The van der Waals surface area contributed by atoms with Gasteiger partial charge in [-0.05, 0) is 54.2 Å². The van der Waals surface area contributed by atoms with Gasteiger partial charge in [0.25, 0.3) is 0 Å². The van der Waals surface area contributed by atoms with Crippen LogP contribution in [0.1, 0.15) is 5.56 Å².